The van der Waals surface area contributed by atoms with Gasteiger partial charge in [0.15, 0.2) is 6.10 Å². The van der Waals surface area contributed by atoms with E-state index >= 15 is 0 Å². The highest BCUT2D eigenvalue weighted by atomic mass is 35.5. The molecule has 2 aromatic rings. The van der Waals surface area contributed by atoms with Crippen LogP contribution in [0.1, 0.15) is 24.2 Å². The third-order valence-electron chi connectivity index (χ3n) is 3.24. The number of hydrogen-bond acceptors (Lipinski definition) is 4. The lowest BCUT2D eigenvalue weighted by Crippen LogP contribution is -2.30. The van der Waals surface area contributed by atoms with Crippen molar-refractivity contribution in [2.24, 2.45) is 0 Å². The lowest BCUT2D eigenvalue weighted by atomic mass is 10.2. The van der Waals surface area contributed by atoms with Gasteiger partial charge < -0.3 is 14.8 Å². The molecule has 0 aliphatic rings. The SMILES string of the molecule is CCOc1ccc(NC(=O)[C@@H](C)OC(=O)c2ccc(Cl)cc2Cl)cc1. The Morgan fingerprint density at radius 2 is 1.80 bits per heavy atom. The lowest BCUT2D eigenvalue weighted by Gasteiger charge is -2.14. The molecule has 0 saturated carbocycles. The second-order valence-electron chi connectivity index (χ2n) is 5.12. The van der Waals surface area contributed by atoms with E-state index in [0.717, 1.165) is 0 Å². The molecule has 0 fully saturated rings. The van der Waals surface area contributed by atoms with Crippen LogP contribution >= 0.6 is 23.2 Å². The first kappa shape index (κ1) is 19.1. The van der Waals surface area contributed by atoms with Gasteiger partial charge in [0.05, 0.1) is 17.2 Å². The highest BCUT2D eigenvalue weighted by Gasteiger charge is 2.20. The average molecular weight is 382 g/mol. The standard InChI is InChI=1S/C18H17Cl2NO4/c1-3-24-14-7-5-13(6-8-14)21-17(22)11(2)25-18(23)15-9-4-12(19)10-16(15)20/h4-11H,3H2,1-2H3,(H,21,22)/t11-/m1/s1. The monoisotopic (exact) mass is 381 g/mol. The molecule has 0 radical (unpaired) electrons. The molecule has 0 aromatic heterocycles. The number of benzene rings is 2. The number of amides is 1. The third kappa shape index (κ3) is 5.37. The summed E-state index contributed by atoms with van der Waals surface area (Å²) >= 11 is 11.7. The normalized spacial score (nSPS) is 11.5. The Labute approximate surface area is 155 Å². The van der Waals surface area contributed by atoms with E-state index in [1.54, 1.807) is 24.3 Å². The van der Waals surface area contributed by atoms with Crippen molar-refractivity contribution in [1.29, 1.82) is 0 Å². The van der Waals surface area contributed by atoms with Crippen molar-refractivity contribution in [3.8, 4) is 5.75 Å². The van der Waals surface area contributed by atoms with Gasteiger partial charge in [-0.3, -0.25) is 4.79 Å². The lowest BCUT2D eigenvalue weighted by molar-refractivity contribution is -0.123. The molecule has 2 rings (SSSR count). The molecule has 0 aliphatic heterocycles. The smallest absolute Gasteiger partial charge is 0.340 e. The molecule has 7 heteroatoms. The summed E-state index contributed by atoms with van der Waals surface area (Å²) < 4.78 is 10.5. The van der Waals surface area contributed by atoms with Gasteiger partial charge in [0.25, 0.3) is 5.91 Å². The van der Waals surface area contributed by atoms with Crippen molar-refractivity contribution in [3.63, 3.8) is 0 Å². The fourth-order valence-electron chi connectivity index (χ4n) is 1.98. The maximum Gasteiger partial charge on any atom is 0.340 e. The van der Waals surface area contributed by atoms with Crippen LogP contribution in [0.5, 0.6) is 5.75 Å². The predicted octanol–water partition coefficient (Wildman–Crippen LogP) is 4.58. The molecule has 0 saturated heterocycles. The molecule has 5 nitrogen and oxygen atoms in total. The highest BCUT2D eigenvalue weighted by Crippen LogP contribution is 2.22. The van der Waals surface area contributed by atoms with Gasteiger partial charge in [-0.25, -0.2) is 4.79 Å². The third-order valence-corrected chi connectivity index (χ3v) is 3.78. The Kier molecular flexibility index (Phi) is 6.67. The van der Waals surface area contributed by atoms with E-state index in [4.69, 9.17) is 32.7 Å². The minimum atomic E-state index is -0.995. The molecule has 0 unspecified atom stereocenters. The average Bonchev–Trinajstić information content (AvgIpc) is 2.56. The molecule has 1 atom stereocenters. The first-order valence-electron chi connectivity index (χ1n) is 7.60. The van der Waals surface area contributed by atoms with Gasteiger partial charge in [-0.2, -0.15) is 0 Å². The van der Waals surface area contributed by atoms with E-state index in [9.17, 15) is 9.59 Å². The van der Waals surface area contributed by atoms with Crippen LogP contribution in [0.15, 0.2) is 42.5 Å². The first-order chi connectivity index (χ1) is 11.9. The van der Waals surface area contributed by atoms with E-state index in [1.807, 2.05) is 6.92 Å². The zero-order valence-electron chi connectivity index (χ0n) is 13.7. The molecule has 1 amide bonds. The minimum Gasteiger partial charge on any atom is -0.494 e. The molecule has 2 aromatic carbocycles. The van der Waals surface area contributed by atoms with Gasteiger partial charge in [0.1, 0.15) is 5.75 Å². The largest absolute Gasteiger partial charge is 0.494 e. The topological polar surface area (TPSA) is 64.6 Å². The van der Waals surface area contributed by atoms with Gasteiger partial charge in [-0.1, -0.05) is 23.2 Å². The fraction of sp³-hybridized carbons (Fsp3) is 0.222. The minimum absolute atomic E-state index is 0.145. The van der Waals surface area contributed by atoms with E-state index in [0.29, 0.717) is 23.1 Å². The highest BCUT2D eigenvalue weighted by molar-refractivity contribution is 6.36. The second kappa shape index (κ2) is 8.74. The summed E-state index contributed by atoms with van der Waals surface area (Å²) in [6, 6.07) is 11.3. The summed E-state index contributed by atoms with van der Waals surface area (Å²) in [6.45, 7) is 3.93. The predicted molar refractivity (Wildman–Crippen MR) is 97.6 cm³/mol. The van der Waals surface area contributed by atoms with Crippen LogP contribution in [0, 0.1) is 0 Å². The van der Waals surface area contributed by atoms with Crippen molar-refractivity contribution in [2.45, 2.75) is 20.0 Å². The Morgan fingerprint density at radius 3 is 2.40 bits per heavy atom. The maximum absolute atomic E-state index is 12.2. The molecule has 0 bridgehead atoms. The summed E-state index contributed by atoms with van der Waals surface area (Å²) in [7, 11) is 0. The number of esters is 1. The van der Waals surface area contributed by atoms with Gasteiger partial charge in [-0.05, 0) is 56.3 Å². The number of ether oxygens (including phenoxy) is 2. The van der Waals surface area contributed by atoms with E-state index in [2.05, 4.69) is 5.32 Å². The Hall–Kier alpha value is -2.24. The van der Waals surface area contributed by atoms with Crippen LogP contribution in [-0.2, 0) is 9.53 Å². The van der Waals surface area contributed by atoms with E-state index in [-0.39, 0.29) is 10.6 Å². The molecule has 1 N–H and O–H groups in total. The van der Waals surface area contributed by atoms with Crippen molar-refractivity contribution >= 4 is 40.8 Å². The van der Waals surface area contributed by atoms with Crippen LogP contribution < -0.4 is 10.1 Å². The molecule has 132 valence electrons. The van der Waals surface area contributed by atoms with Crippen molar-refractivity contribution in [2.75, 3.05) is 11.9 Å². The number of carbonyl (C=O) groups is 2. The molecule has 0 spiro atoms. The van der Waals surface area contributed by atoms with Crippen molar-refractivity contribution in [1.82, 2.24) is 0 Å². The van der Waals surface area contributed by atoms with Crippen LogP contribution in [-0.4, -0.2) is 24.6 Å². The molecular formula is C18H17Cl2NO4. The summed E-state index contributed by atoms with van der Waals surface area (Å²) in [5.74, 6) is -0.448. The Balaban J connectivity index is 1.96. The Morgan fingerprint density at radius 1 is 1.12 bits per heavy atom. The molecular weight excluding hydrogens is 365 g/mol. The van der Waals surface area contributed by atoms with Crippen molar-refractivity contribution in [3.05, 3.63) is 58.1 Å². The van der Waals surface area contributed by atoms with Crippen LogP contribution in [0.3, 0.4) is 0 Å². The van der Waals surface area contributed by atoms with E-state index in [1.165, 1.54) is 25.1 Å². The zero-order valence-corrected chi connectivity index (χ0v) is 15.2. The fourth-order valence-corrected chi connectivity index (χ4v) is 2.46. The number of rotatable bonds is 6. The number of anilines is 1. The first-order valence-corrected chi connectivity index (χ1v) is 8.36. The Bertz CT molecular complexity index is 762. The van der Waals surface area contributed by atoms with Gasteiger partial charge in [0, 0.05) is 10.7 Å². The molecule has 0 aliphatic carbocycles. The zero-order chi connectivity index (χ0) is 18.4. The quantitative estimate of drug-likeness (QED) is 0.743. The van der Waals surface area contributed by atoms with Crippen molar-refractivity contribution < 1.29 is 19.1 Å². The maximum atomic E-state index is 12.2. The summed E-state index contributed by atoms with van der Waals surface area (Å²) in [5, 5.41) is 3.23. The summed E-state index contributed by atoms with van der Waals surface area (Å²) in [4.78, 5) is 24.3. The molecule has 25 heavy (non-hydrogen) atoms. The summed E-state index contributed by atoms with van der Waals surface area (Å²) in [5.41, 5.74) is 0.715. The van der Waals surface area contributed by atoms with Gasteiger partial charge in [0.2, 0.25) is 0 Å². The second-order valence-corrected chi connectivity index (χ2v) is 5.96. The molecule has 0 heterocycles. The van der Waals surface area contributed by atoms with Gasteiger partial charge >= 0.3 is 5.97 Å². The van der Waals surface area contributed by atoms with Crippen LogP contribution in [0.4, 0.5) is 5.69 Å². The van der Waals surface area contributed by atoms with E-state index < -0.39 is 18.0 Å². The number of hydrogen-bond donors (Lipinski definition) is 1. The number of carbonyl (C=O) groups excluding carboxylic acids is 2. The number of halogens is 2. The van der Waals surface area contributed by atoms with Crippen LogP contribution in [0.2, 0.25) is 10.0 Å². The van der Waals surface area contributed by atoms with Crippen LogP contribution in [0.25, 0.3) is 0 Å². The van der Waals surface area contributed by atoms with Gasteiger partial charge in [-0.15, -0.1) is 0 Å². The number of nitrogens with one attached hydrogen (secondary N) is 1. The summed E-state index contributed by atoms with van der Waals surface area (Å²) in [6.07, 6.45) is -0.995.